The Morgan fingerprint density at radius 1 is 0.750 bits per heavy atom. The van der Waals surface area contributed by atoms with Gasteiger partial charge in [0.2, 0.25) is 12.4 Å². The standard InChI is InChI=1S/C28H30O12/c1-15(29)35-14-23-24(36-16(2)30)25(37-17(3)31)26(38-18(4)32)28(40-23)39-22-12-7-6-11-21(22)19-9-8-10-20(13-19)27(33)34-5/h6-13,23-26,28H,14H2,1-5H3/t23-,24-,25+,26+,28-/m1/s1. The summed E-state index contributed by atoms with van der Waals surface area (Å²) in [7, 11) is 1.27. The van der Waals surface area contributed by atoms with Crippen LogP contribution in [0.5, 0.6) is 5.75 Å². The average molecular weight is 559 g/mol. The van der Waals surface area contributed by atoms with Gasteiger partial charge in [0.15, 0.2) is 12.2 Å². The third-order valence-corrected chi connectivity index (χ3v) is 5.67. The van der Waals surface area contributed by atoms with E-state index in [1.54, 1.807) is 48.5 Å². The van der Waals surface area contributed by atoms with Crippen LogP contribution in [0.2, 0.25) is 0 Å². The molecule has 0 amide bonds. The number of benzene rings is 2. The molecule has 0 bridgehead atoms. The monoisotopic (exact) mass is 558 g/mol. The summed E-state index contributed by atoms with van der Waals surface area (Å²) in [6.07, 6.45) is -6.65. The molecule has 1 saturated heterocycles. The molecule has 40 heavy (non-hydrogen) atoms. The van der Waals surface area contributed by atoms with Crippen molar-refractivity contribution in [3.8, 4) is 16.9 Å². The van der Waals surface area contributed by atoms with E-state index in [0.29, 0.717) is 16.7 Å². The fraction of sp³-hybridized carbons (Fsp3) is 0.393. The predicted octanol–water partition coefficient (Wildman–Crippen LogP) is 2.60. The van der Waals surface area contributed by atoms with Gasteiger partial charge in [-0.25, -0.2) is 4.79 Å². The number of rotatable bonds is 9. The molecular formula is C28H30O12. The first-order valence-electron chi connectivity index (χ1n) is 12.2. The lowest BCUT2D eigenvalue weighted by Crippen LogP contribution is -2.63. The van der Waals surface area contributed by atoms with Gasteiger partial charge >= 0.3 is 29.8 Å². The van der Waals surface area contributed by atoms with Gasteiger partial charge in [0, 0.05) is 33.3 Å². The van der Waals surface area contributed by atoms with E-state index in [4.69, 9.17) is 33.2 Å². The number of ether oxygens (including phenoxy) is 7. The minimum atomic E-state index is -1.41. The van der Waals surface area contributed by atoms with E-state index in [9.17, 15) is 24.0 Å². The molecule has 3 rings (SSSR count). The van der Waals surface area contributed by atoms with Crippen LogP contribution in [0.1, 0.15) is 38.1 Å². The maximum atomic E-state index is 12.1. The van der Waals surface area contributed by atoms with Crippen molar-refractivity contribution >= 4 is 29.8 Å². The van der Waals surface area contributed by atoms with Crippen molar-refractivity contribution in [1.29, 1.82) is 0 Å². The summed E-state index contributed by atoms with van der Waals surface area (Å²) in [5, 5.41) is 0. The summed E-state index contributed by atoms with van der Waals surface area (Å²) in [5.74, 6) is -3.16. The van der Waals surface area contributed by atoms with Crippen molar-refractivity contribution in [2.24, 2.45) is 0 Å². The van der Waals surface area contributed by atoms with Gasteiger partial charge in [-0.1, -0.05) is 30.3 Å². The van der Waals surface area contributed by atoms with Crippen molar-refractivity contribution in [1.82, 2.24) is 0 Å². The molecule has 0 radical (unpaired) electrons. The van der Waals surface area contributed by atoms with Gasteiger partial charge in [-0.15, -0.1) is 0 Å². The number of hydrogen-bond donors (Lipinski definition) is 0. The van der Waals surface area contributed by atoms with Gasteiger partial charge in [0.25, 0.3) is 0 Å². The van der Waals surface area contributed by atoms with E-state index < -0.39 is 60.6 Å². The quantitative estimate of drug-likeness (QED) is 0.329. The summed E-state index contributed by atoms with van der Waals surface area (Å²) in [6.45, 7) is 4.20. The largest absolute Gasteiger partial charge is 0.465 e. The molecule has 2 aromatic carbocycles. The normalized spacial score (nSPS) is 21.9. The van der Waals surface area contributed by atoms with Crippen molar-refractivity contribution in [3.05, 3.63) is 54.1 Å². The van der Waals surface area contributed by atoms with E-state index in [-0.39, 0.29) is 12.4 Å². The van der Waals surface area contributed by atoms with Crippen LogP contribution in [-0.4, -0.2) is 74.3 Å². The smallest absolute Gasteiger partial charge is 0.337 e. The molecule has 1 heterocycles. The van der Waals surface area contributed by atoms with E-state index in [1.165, 1.54) is 14.0 Å². The minimum absolute atomic E-state index is 0.255. The van der Waals surface area contributed by atoms with Crippen LogP contribution in [0.25, 0.3) is 11.1 Å². The number of methoxy groups -OCH3 is 1. The van der Waals surface area contributed by atoms with E-state index >= 15 is 0 Å². The molecule has 12 heteroatoms. The molecule has 1 aliphatic rings. The third-order valence-electron chi connectivity index (χ3n) is 5.67. The Bertz CT molecular complexity index is 1260. The lowest BCUT2D eigenvalue weighted by atomic mass is 9.97. The van der Waals surface area contributed by atoms with Crippen LogP contribution in [0, 0.1) is 0 Å². The molecule has 0 N–H and O–H groups in total. The highest BCUT2D eigenvalue weighted by atomic mass is 16.7. The Morgan fingerprint density at radius 3 is 2.00 bits per heavy atom. The maximum Gasteiger partial charge on any atom is 0.337 e. The van der Waals surface area contributed by atoms with Gasteiger partial charge in [0.05, 0.1) is 12.7 Å². The van der Waals surface area contributed by atoms with Gasteiger partial charge in [-0.3, -0.25) is 19.2 Å². The molecule has 5 atom stereocenters. The lowest BCUT2D eigenvalue weighted by Gasteiger charge is -2.44. The number of para-hydroxylation sites is 1. The summed E-state index contributed by atoms with van der Waals surface area (Å²) in [6, 6.07) is 13.4. The van der Waals surface area contributed by atoms with Crippen LogP contribution >= 0.6 is 0 Å². The zero-order chi connectivity index (χ0) is 29.4. The van der Waals surface area contributed by atoms with Crippen molar-refractivity contribution < 1.29 is 57.1 Å². The van der Waals surface area contributed by atoms with Gasteiger partial charge in [0.1, 0.15) is 18.5 Å². The first kappa shape index (κ1) is 30.1. The minimum Gasteiger partial charge on any atom is -0.465 e. The van der Waals surface area contributed by atoms with E-state index in [0.717, 1.165) is 20.8 Å². The van der Waals surface area contributed by atoms with Crippen LogP contribution in [0.15, 0.2) is 48.5 Å². The molecule has 12 nitrogen and oxygen atoms in total. The molecule has 0 unspecified atom stereocenters. The van der Waals surface area contributed by atoms with Crippen molar-refractivity contribution in [2.75, 3.05) is 13.7 Å². The molecular weight excluding hydrogens is 528 g/mol. The lowest BCUT2D eigenvalue weighted by molar-refractivity contribution is -0.288. The summed E-state index contributed by atoms with van der Waals surface area (Å²) in [5.41, 5.74) is 1.45. The number of carbonyl (C=O) groups is 5. The summed E-state index contributed by atoms with van der Waals surface area (Å²) < 4.78 is 38.4. The van der Waals surface area contributed by atoms with Crippen molar-refractivity contribution in [2.45, 2.75) is 58.4 Å². The van der Waals surface area contributed by atoms with Crippen LogP contribution in [0.3, 0.4) is 0 Å². The van der Waals surface area contributed by atoms with E-state index in [1.807, 2.05) is 0 Å². The fourth-order valence-electron chi connectivity index (χ4n) is 4.15. The topological polar surface area (TPSA) is 150 Å². The highest BCUT2D eigenvalue weighted by Crippen LogP contribution is 2.35. The van der Waals surface area contributed by atoms with Gasteiger partial charge in [-0.2, -0.15) is 0 Å². The molecule has 0 spiro atoms. The molecule has 2 aromatic rings. The maximum absolute atomic E-state index is 12.1. The second-order valence-electron chi connectivity index (χ2n) is 8.75. The number of carbonyl (C=O) groups excluding carboxylic acids is 5. The summed E-state index contributed by atoms with van der Waals surface area (Å²) >= 11 is 0. The molecule has 0 aliphatic carbocycles. The van der Waals surface area contributed by atoms with E-state index in [2.05, 4.69) is 0 Å². The molecule has 0 saturated carbocycles. The first-order chi connectivity index (χ1) is 19.0. The highest BCUT2D eigenvalue weighted by Gasteiger charge is 2.53. The Kier molecular flexibility index (Phi) is 10.2. The molecule has 1 aliphatic heterocycles. The number of hydrogen-bond acceptors (Lipinski definition) is 12. The SMILES string of the molecule is COC(=O)c1cccc(-c2ccccc2O[C@@H]2O[C@H](COC(C)=O)[C@@H](OC(C)=O)[C@H](OC(C)=O)[C@@H]2OC(C)=O)c1. The predicted molar refractivity (Wildman–Crippen MR) is 136 cm³/mol. The van der Waals surface area contributed by atoms with Crippen LogP contribution in [0.4, 0.5) is 0 Å². The fourth-order valence-corrected chi connectivity index (χ4v) is 4.15. The second kappa shape index (κ2) is 13.6. The third kappa shape index (κ3) is 7.79. The highest BCUT2D eigenvalue weighted by molar-refractivity contribution is 5.91. The van der Waals surface area contributed by atoms with Crippen LogP contribution in [-0.2, 0) is 47.6 Å². The Labute approximate surface area is 230 Å². The number of esters is 5. The average Bonchev–Trinajstić information content (AvgIpc) is 2.90. The molecule has 0 aromatic heterocycles. The van der Waals surface area contributed by atoms with Gasteiger partial charge in [-0.05, 0) is 23.8 Å². The van der Waals surface area contributed by atoms with Crippen molar-refractivity contribution in [3.63, 3.8) is 0 Å². The molecule has 214 valence electrons. The molecule has 1 fully saturated rings. The Morgan fingerprint density at radius 2 is 1.38 bits per heavy atom. The second-order valence-corrected chi connectivity index (χ2v) is 8.75. The Balaban J connectivity index is 2.06. The van der Waals surface area contributed by atoms with Gasteiger partial charge < -0.3 is 33.2 Å². The Hall–Kier alpha value is -4.45. The summed E-state index contributed by atoms with van der Waals surface area (Å²) in [4.78, 5) is 59.7. The zero-order valence-electron chi connectivity index (χ0n) is 22.6. The van der Waals surface area contributed by atoms with Crippen LogP contribution < -0.4 is 4.74 Å². The zero-order valence-corrected chi connectivity index (χ0v) is 22.6. The first-order valence-corrected chi connectivity index (χ1v) is 12.2.